The molecular weight excluding hydrogens is 240 g/mol. The normalized spacial score (nSPS) is 12.5. The van der Waals surface area contributed by atoms with Crippen LogP contribution in [0.1, 0.15) is 18.5 Å². The number of benzene rings is 1. The summed E-state index contributed by atoms with van der Waals surface area (Å²) in [5.74, 6) is 0. The summed E-state index contributed by atoms with van der Waals surface area (Å²) in [6, 6.07) is 9.92. The molecule has 1 unspecified atom stereocenters. The van der Waals surface area contributed by atoms with E-state index in [4.69, 9.17) is 10.2 Å². The topological polar surface area (TPSA) is 77.0 Å². The van der Waals surface area contributed by atoms with Crippen LogP contribution in [0, 0.1) is 0 Å². The minimum atomic E-state index is 0.0583. The van der Waals surface area contributed by atoms with Gasteiger partial charge in [-0.2, -0.15) is 4.98 Å². The zero-order valence-corrected chi connectivity index (χ0v) is 10.5. The van der Waals surface area contributed by atoms with E-state index in [0.29, 0.717) is 22.8 Å². The number of hydrogen-bond donors (Lipinski definition) is 2. The van der Waals surface area contributed by atoms with Gasteiger partial charge in [0.25, 0.3) is 6.01 Å². The van der Waals surface area contributed by atoms with E-state index < -0.39 is 0 Å². The maximum Gasteiger partial charge on any atom is 0.296 e. The number of aromatic nitrogens is 2. The Balaban J connectivity index is 1.88. The molecule has 2 aromatic heterocycles. The van der Waals surface area contributed by atoms with E-state index in [1.807, 2.05) is 37.4 Å². The fourth-order valence-corrected chi connectivity index (χ4v) is 1.93. The van der Waals surface area contributed by atoms with Gasteiger partial charge in [0.2, 0.25) is 0 Å². The van der Waals surface area contributed by atoms with Crippen LogP contribution in [0.4, 0.5) is 11.7 Å². The summed E-state index contributed by atoms with van der Waals surface area (Å²) in [5.41, 5.74) is 8.90. The van der Waals surface area contributed by atoms with E-state index in [9.17, 15) is 0 Å². The van der Waals surface area contributed by atoms with Crippen molar-refractivity contribution in [1.29, 1.82) is 0 Å². The zero-order chi connectivity index (χ0) is 13.2. The van der Waals surface area contributed by atoms with Crippen molar-refractivity contribution in [3.05, 3.63) is 48.3 Å². The van der Waals surface area contributed by atoms with Gasteiger partial charge < -0.3 is 15.5 Å². The third kappa shape index (κ3) is 2.22. The second-order valence-electron chi connectivity index (χ2n) is 4.37. The van der Waals surface area contributed by atoms with E-state index >= 15 is 0 Å². The van der Waals surface area contributed by atoms with Gasteiger partial charge in [-0.1, -0.05) is 12.1 Å². The van der Waals surface area contributed by atoms with E-state index in [-0.39, 0.29) is 6.04 Å². The Labute approximate surface area is 110 Å². The van der Waals surface area contributed by atoms with Crippen LogP contribution < -0.4 is 11.1 Å². The number of anilines is 2. The first-order valence-corrected chi connectivity index (χ1v) is 6.05. The van der Waals surface area contributed by atoms with Gasteiger partial charge in [0.05, 0.1) is 11.7 Å². The number of pyridine rings is 1. The summed E-state index contributed by atoms with van der Waals surface area (Å²) < 4.78 is 5.62. The van der Waals surface area contributed by atoms with Crippen LogP contribution in [0.25, 0.3) is 11.1 Å². The minimum absolute atomic E-state index is 0.0583. The molecule has 0 aliphatic rings. The summed E-state index contributed by atoms with van der Waals surface area (Å²) in [5, 5.41) is 3.20. The third-order valence-corrected chi connectivity index (χ3v) is 2.97. The van der Waals surface area contributed by atoms with Crippen LogP contribution in [0.5, 0.6) is 0 Å². The summed E-state index contributed by atoms with van der Waals surface area (Å²) >= 11 is 0. The molecule has 0 spiro atoms. The van der Waals surface area contributed by atoms with Gasteiger partial charge >= 0.3 is 0 Å². The molecule has 1 atom stereocenters. The van der Waals surface area contributed by atoms with Gasteiger partial charge in [0.15, 0.2) is 5.58 Å². The maximum absolute atomic E-state index is 5.85. The standard InChI is InChI=1S/C14H14N4O/c1-9(10-4-3-7-16-8-10)17-14-18-13-11(15)5-2-6-12(13)19-14/h2-9H,15H2,1H3,(H,17,18). The molecule has 0 radical (unpaired) electrons. The first-order chi connectivity index (χ1) is 9.24. The average molecular weight is 254 g/mol. The third-order valence-electron chi connectivity index (χ3n) is 2.97. The van der Waals surface area contributed by atoms with Crippen LogP contribution >= 0.6 is 0 Å². The first-order valence-electron chi connectivity index (χ1n) is 6.05. The summed E-state index contributed by atoms with van der Waals surface area (Å²) in [7, 11) is 0. The monoisotopic (exact) mass is 254 g/mol. The highest BCUT2D eigenvalue weighted by Crippen LogP contribution is 2.25. The lowest BCUT2D eigenvalue weighted by atomic mass is 10.1. The molecule has 5 heteroatoms. The van der Waals surface area contributed by atoms with Crippen LogP contribution in [0.15, 0.2) is 47.1 Å². The van der Waals surface area contributed by atoms with Gasteiger partial charge in [0, 0.05) is 12.4 Å². The zero-order valence-electron chi connectivity index (χ0n) is 10.5. The predicted molar refractivity (Wildman–Crippen MR) is 74.7 cm³/mol. The molecule has 0 saturated heterocycles. The molecule has 1 aromatic carbocycles. The van der Waals surface area contributed by atoms with E-state index in [1.54, 1.807) is 12.3 Å². The van der Waals surface area contributed by atoms with Crippen molar-refractivity contribution in [2.75, 3.05) is 11.1 Å². The number of nitrogens with one attached hydrogen (secondary N) is 1. The van der Waals surface area contributed by atoms with Crippen molar-refractivity contribution in [2.45, 2.75) is 13.0 Å². The minimum Gasteiger partial charge on any atom is -0.423 e. The molecule has 2 heterocycles. The van der Waals surface area contributed by atoms with Crippen molar-refractivity contribution in [3.8, 4) is 0 Å². The molecule has 19 heavy (non-hydrogen) atoms. The molecule has 5 nitrogen and oxygen atoms in total. The lowest BCUT2D eigenvalue weighted by Gasteiger charge is -2.11. The average Bonchev–Trinajstić information content (AvgIpc) is 2.84. The smallest absolute Gasteiger partial charge is 0.296 e. The number of fused-ring (bicyclic) bond motifs is 1. The highest BCUT2D eigenvalue weighted by molar-refractivity contribution is 5.86. The molecule has 0 saturated carbocycles. The predicted octanol–water partition coefficient (Wildman–Crippen LogP) is 2.98. The van der Waals surface area contributed by atoms with E-state index in [2.05, 4.69) is 15.3 Å². The highest BCUT2D eigenvalue weighted by Gasteiger charge is 2.11. The van der Waals surface area contributed by atoms with Gasteiger partial charge in [-0.15, -0.1) is 0 Å². The van der Waals surface area contributed by atoms with Crippen LogP contribution in [0.3, 0.4) is 0 Å². The molecular formula is C14H14N4O. The van der Waals surface area contributed by atoms with Gasteiger partial charge in [-0.25, -0.2) is 0 Å². The van der Waals surface area contributed by atoms with Crippen molar-refractivity contribution in [2.24, 2.45) is 0 Å². The number of nitrogens with two attached hydrogens (primary N) is 1. The van der Waals surface area contributed by atoms with Crippen molar-refractivity contribution >= 4 is 22.8 Å². The fraction of sp³-hybridized carbons (Fsp3) is 0.143. The fourth-order valence-electron chi connectivity index (χ4n) is 1.93. The summed E-state index contributed by atoms with van der Waals surface area (Å²) in [6.45, 7) is 2.02. The molecule has 3 N–H and O–H groups in total. The van der Waals surface area contributed by atoms with Gasteiger partial charge in [-0.05, 0) is 30.7 Å². The second kappa shape index (κ2) is 4.61. The Morgan fingerprint density at radius 1 is 1.26 bits per heavy atom. The SMILES string of the molecule is CC(Nc1nc2c(N)cccc2o1)c1cccnc1. The quantitative estimate of drug-likeness (QED) is 0.702. The summed E-state index contributed by atoms with van der Waals surface area (Å²) in [4.78, 5) is 8.45. The number of nitrogens with zero attached hydrogens (tertiary/aromatic N) is 2. The Hall–Kier alpha value is -2.56. The Kier molecular flexibility index (Phi) is 2.79. The number of oxazole rings is 1. The van der Waals surface area contributed by atoms with Crippen molar-refractivity contribution < 1.29 is 4.42 Å². The van der Waals surface area contributed by atoms with Crippen molar-refractivity contribution in [3.63, 3.8) is 0 Å². The largest absolute Gasteiger partial charge is 0.423 e. The number of para-hydroxylation sites is 1. The lowest BCUT2D eigenvalue weighted by Crippen LogP contribution is -2.06. The van der Waals surface area contributed by atoms with Crippen LogP contribution in [-0.2, 0) is 0 Å². The van der Waals surface area contributed by atoms with E-state index in [1.165, 1.54) is 0 Å². The Bertz CT molecular complexity index is 693. The number of rotatable bonds is 3. The molecule has 96 valence electrons. The van der Waals surface area contributed by atoms with Crippen LogP contribution in [-0.4, -0.2) is 9.97 Å². The number of nitrogen functional groups attached to an aromatic ring is 1. The lowest BCUT2D eigenvalue weighted by molar-refractivity contribution is 0.604. The second-order valence-corrected chi connectivity index (χ2v) is 4.37. The van der Waals surface area contributed by atoms with Crippen LogP contribution in [0.2, 0.25) is 0 Å². The summed E-state index contributed by atoms with van der Waals surface area (Å²) in [6.07, 6.45) is 3.56. The number of hydrogen-bond acceptors (Lipinski definition) is 5. The highest BCUT2D eigenvalue weighted by atomic mass is 16.4. The molecule has 0 aliphatic carbocycles. The van der Waals surface area contributed by atoms with Gasteiger partial charge in [-0.3, -0.25) is 4.98 Å². The molecule has 0 bridgehead atoms. The Morgan fingerprint density at radius 3 is 2.89 bits per heavy atom. The first kappa shape index (κ1) is 11.5. The van der Waals surface area contributed by atoms with Gasteiger partial charge in [0.1, 0.15) is 5.52 Å². The molecule has 3 aromatic rings. The molecule has 0 aliphatic heterocycles. The molecule has 0 amide bonds. The Morgan fingerprint density at radius 2 is 2.16 bits per heavy atom. The molecule has 3 rings (SSSR count). The molecule has 0 fully saturated rings. The van der Waals surface area contributed by atoms with E-state index in [0.717, 1.165) is 5.56 Å². The maximum atomic E-state index is 5.85. The van der Waals surface area contributed by atoms with Crippen molar-refractivity contribution in [1.82, 2.24) is 9.97 Å².